The van der Waals surface area contributed by atoms with Gasteiger partial charge in [0.15, 0.2) is 5.96 Å². The second kappa shape index (κ2) is 12.1. The fourth-order valence-electron chi connectivity index (χ4n) is 1.50. The molecule has 0 heterocycles. The predicted octanol–water partition coefficient (Wildman–Crippen LogP) is 3.30. The standard InChI is InChI=1S/C14H22ClN3O.HI/c1-3-4-9-17-14(16-2)18-10-11-19-13-8-6-5-7-12(13)15;/h5-8H,3-4,9-11H2,1-2H3,(H2,16,17,18);1H. The molecule has 0 aromatic heterocycles. The van der Waals surface area contributed by atoms with E-state index in [0.717, 1.165) is 18.9 Å². The smallest absolute Gasteiger partial charge is 0.191 e. The molecular weight excluding hydrogens is 389 g/mol. The molecule has 20 heavy (non-hydrogen) atoms. The van der Waals surface area contributed by atoms with Gasteiger partial charge in [-0.15, -0.1) is 24.0 Å². The summed E-state index contributed by atoms with van der Waals surface area (Å²) in [5.74, 6) is 1.51. The fourth-order valence-corrected chi connectivity index (χ4v) is 1.69. The van der Waals surface area contributed by atoms with Gasteiger partial charge in [-0.3, -0.25) is 4.99 Å². The summed E-state index contributed by atoms with van der Waals surface area (Å²) in [4.78, 5) is 4.13. The van der Waals surface area contributed by atoms with Crippen LogP contribution in [-0.4, -0.2) is 32.7 Å². The van der Waals surface area contributed by atoms with Crippen LogP contribution in [0.3, 0.4) is 0 Å². The van der Waals surface area contributed by atoms with Crippen LogP contribution >= 0.6 is 35.6 Å². The number of rotatable bonds is 7. The quantitative estimate of drug-likeness (QED) is 0.313. The Hall–Kier alpha value is -0.690. The Morgan fingerprint density at radius 2 is 1.95 bits per heavy atom. The number of ether oxygens (including phenoxy) is 1. The number of aliphatic imine (C=N–C) groups is 1. The molecule has 0 bridgehead atoms. The Morgan fingerprint density at radius 1 is 1.25 bits per heavy atom. The maximum atomic E-state index is 6.00. The molecule has 0 atom stereocenters. The van der Waals surface area contributed by atoms with Crippen LogP contribution < -0.4 is 15.4 Å². The van der Waals surface area contributed by atoms with Crippen molar-refractivity contribution in [1.82, 2.24) is 10.6 Å². The van der Waals surface area contributed by atoms with Crippen LogP contribution in [0.5, 0.6) is 5.75 Å². The van der Waals surface area contributed by atoms with Crippen LogP contribution in [0.2, 0.25) is 5.02 Å². The first-order valence-corrected chi connectivity index (χ1v) is 6.97. The number of benzene rings is 1. The Balaban J connectivity index is 0.00000361. The van der Waals surface area contributed by atoms with E-state index in [4.69, 9.17) is 16.3 Å². The minimum atomic E-state index is 0. The number of halogens is 2. The van der Waals surface area contributed by atoms with Crippen LogP contribution in [-0.2, 0) is 0 Å². The molecule has 0 spiro atoms. The topological polar surface area (TPSA) is 45.7 Å². The van der Waals surface area contributed by atoms with Crippen molar-refractivity contribution < 1.29 is 4.74 Å². The lowest BCUT2D eigenvalue weighted by atomic mass is 10.3. The van der Waals surface area contributed by atoms with Gasteiger partial charge in [-0.1, -0.05) is 37.1 Å². The largest absolute Gasteiger partial charge is 0.490 e. The highest BCUT2D eigenvalue weighted by atomic mass is 127. The second-order valence-corrected chi connectivity index (χ2v) is 4.47. The number of unbranched alkanes of at least 4 members (excludes halogenated alkanes) is 1. The Bertz CT molecular complexity index is 402. The number of nitrogens with one attached hydrogen (secondary N) is 2. The number of hydrogen-bond donors (Lipinski definition) is 2. The lowest BCUT2D eigenvalue weighted by Gasteiger charge is -2.12. The zero-order chi connectivity index (χ0) is 13.9. The number of para-hydroxylation sites is 1. The van der Waals surface area contributed by atoms with Gasteiger partial charge >= 0.3 is 0 Å². The van der Waals surface area contributed by atoms with E-state index in [1.165, 1.54) is 6.42 Å². The van der Waals surface area contributed by atoms with Gasteiger partial charge in [-0.25, -0.2) is 0 Å². The van der Waals surface area contributed by atoms with E-state index in [9.17, 15) is 0 Å². The molecule has 114 valence electrons. The average molecular weight is 412 g/mol. The minimum Gasteiger partial charge on any atom is -0.490 e. The van der Waals surface area contributed by atoms with E-state index in [-0.39, 0.29) is 24.0 Å². The lowest BCUT2D eigenvalue weighted by Crippen LogP contribution is -2.39. The van der Waals surface area contributed by atoms with Gasteiger partial charge in [0.05, 0.1) is 11.6 Å². The molecule has 0 amide bonds. The summed E-state index contributed by atoms with van der Waals surface area (Å²) in [5.41, 5.74) is 0. The molecule has 2 N–H and O–H groups in total. The molecule has 0 unspecified atom stereocenters. The zero-order valence-corrected chi connectivity index (χ0v) is 15.1. The van der Waals surface area contributed by atoms with E-state index in [2.05, 4.69) is 22.5 Å². The van der Waals surface area contributed by atoms with Gasteiger partial charge in [-0.05, 0) is 18.6 Å². The Labute approximate surface area is 143 Å². The van der Waals surface area contributed by atoms with Crippen LogP contribution in [0, 0.1) is 0 Å². The molecule has 0 aliphatic carbocycles. The number of nitrogens with zero attached hydrogens (tertiary/aromatic N) is 1. The van der Waals surface area contributed by atoms with Gasteiger partial charge in [-0.2, -0.15) is 0 Å². The highest BCUT2D eigenvalue weighted by molar-refractivity contribution is 14.0. The first-order chi connectivity index (χ1) is 9.27. The third-order valence-electron chi connectivity index (χ3n) is 2.54. The van der Waals surface area contributed by atoms with Crippen molar-refractivity contribution in [2.75, 3.05) is 26.7 Å². The monoisotopic (exact) mass is 411 g/mol. The van der Waals surface area contributed by atoms with Crippen molar-refractivity contribution in [3.05, 3.63) is 29.3 Å². The molecule has 0 fully saturated rings. The summed E-state index contributed by atoms with van der Waals surface area (Å²) < 4.78 is 5.58. The highest BCUT2D eigenvalue weighted by Crippen LogP contribution is 2.22. The molecule has 1 rings (SSSR count). The summed E-state index contributed by atoms with van der Waals surface area (Å²) in [7, 11) is 1.76. The van der Waals surface area contributed by atoms with Crippen molar-refractivity contribution in [1.29, 1.82) is 0 Å². The second-order valence-electron chi connectivity index (χ2n) is 4.06. The third-order valence-corrected chi connectivity index (χ3v) is 2.85. The summed E-state index contributed by atoms with van der Waals surface area (Å²) in [5, 5.41) is 7.06. The van der Waals surface area contributed by atoms with Crippen LogP contribution in [0.1, 0.15) is 19.8 Å². The Morgan fingerprint density at radius 3 is 2.60 bits per heavy atom. The fraction of sp³-hybridized carbons (Fsp3) is 0.500. The van der Waals surface area contributed by atoms with Crippen molar-refractivity contribution in [2.45, 2.75) is 19.8 Å². The lowest BCUT2D eigenvalue weighted by molar-refractivity contribution is 0.322. The highest BCUT2D eigenvalue weighted by Gasteiger charge is 2.00. The maximum absolute atomic E-state index is 6.00. The number of guanidine groups is 1. The van der Waals surface area contributed by atoms with Crippen molar-refractivity contribution in [3.8, 4) is 5.75 Å². The molecule has 0 aliphatic heterocycles. The summed E-state index contributed by atoms with van der Waals surface area (Å²) in [6.07, 6.45) is 2.30. The maximum Gasteiger partial charge on any atom is 0.191 e. The van der Waals surface area contributed by atoms with Crippen LogP contribution in [0.4, 0.5) is 0 Å². The van der Waals surface area contributed by atoms with E-state index in [0.29, 0.717) is 23.9 Å². The van der Waals surface area contributed by atoms with E-state index < -0.39 is 0 Å². The summed E-state index contributed by atoms with van der Waals surface area (Å²) >= 11 is 6.00. The molecule has 0 saturated carbocycles. The van der Waals surface area contributed by atoms with E-state index in [1.807, 2.05) is 24.3 Å². The van der Waals surface area contributed by atoms with Crippen LogP contribution in [0.15, 0.2) is 29.3 Å². The normalized spacial score (nSPS) is 10.7. The molecule has 1 aromatic rings. The van der Waals surface area contributed by atoms with Crippen LogP contribution in [0.25, 0.3) is 0 Å². The van der Waals surface area contributed by atoms with E-state index in [1.54, 1.807) is 7.05 Å². The summed E-state index contributed by atoms with van der Waals surface area (Å²) in [6, 6.07) is 7.46. The van der Waals surface area contributed by atoms with Gasteiger partial charge in [0.1, 0.15) is 12.4 Å². The molecule has 6 heteroatoms. The van der Waals surface area contributed by atoms with Gasteiger partial charge < -0.3 is 15.4 Å². The molecule has 0 aliphatic rings. The van der Waals surface area contributed by atoms with Gasteiger partial charge in [0.2, 0.25) is 0 Å². The summed E-state index contributed by atoms with van der Waals surface area (Å²) in [6.45, 7) is 4.31. The third kappa shape index (κ3) is 7.79. The molecular formula is C14H23ClIN3O. The zero-order valence-electron chi connectivity index (χ0n) is 12.0. The molecule has 1 aromatic carbocycles. The predicted molar refractivity (Wildman–Crippen MR) is 96.6 cm³/mol. The van der Waals surface area contributed by atoms with Crippen molar-refractivity contribution in [3.63, 3.8) is 0 Å². The first kappa shape index (κ1) is 19.3. The van der Waals surface area contributed by atoms with Gasteiger partial charge in [0.25, 0.3) is 0 Å². The molecule has 4 nitrogen and oxygen atoms in total. The SMILES string of the molecule is CCCCNC(=NC)NCCOc1ccccc1Cl.I. The molecule has 0 radical (unpaired) electrons. The average Bonchev–Trinajstić information content (AvgIpc) is 2.43. The minimum absolute atomic E-state index is 0. The molecule has 0 saturated heterocycles. The van der Waals surface area contributed by atoms with Gasteiger partial charge in [0, 0.05) is 13.6 Å². The van der Waals surface area contributed by atoms with E-state index >= 15 is 0 Å². The number of hydrogen-bond acceptors (Lipinski definition) is 2. The van der Waals surface area contributed by atoms with Crippen molar-refractivity contribution in [2.24, 2.45) is 4.99 Å². The van der Waals surface area contributed by atoms with Crippen molar-refractivity contribution >= 4 is 41.5 Å². The Kier molecular flexibility index (Phi) is 11.7. The first-order valence-electron chi connectivity index (χ1n) is 6.59.